The van der Waals surface area contributed by atoms with Crippen molar-refractivity contribution < 1.29 is 22.3 Å². The first kappa shape index (κ1) is 21.1. The quantitative estimate of drug-likeness (QED) is 0.395. The summed E-state index contributed by atoms with van der Waals surface area (Å²) in [6.07, 6.45) is -2.68. The van der Waals surface area contributed by atoms with Gasteiger partial charge in [0, 0.05) is 17.1 Å². The molecule has 1 saturated carbocycles. The van der Waals surface area contributed by atoms with Gasteiger partial charge >= 0.3 is 6.18 Å². The number of aromatic nitrogens is 2. The molecule has 1 heterocycles. The fourth-order valence-corrected chi connectivity index (χ4v) is 4.03. The Balaban J connectivity index is 1.58. The summed E-state index contributed by atoms with van der Waals surface area (Å²) in [6.45, 7) is 1.88. The average molecular weight is 434 g/mol. The molecule has 0 radical (unpaired) electrons. The zero-order valence-electron chi connectivity index (χ0n) is 16.8. The van der Waals surface area contributed by atoms with Crippen LogP contribution in [0.2, 0.25) is 0 Å². The van der Waals surface area contributed by atoms with E-state index in [1.807, 2.05) is 6.92 Å². The molecule has 0 amide bonds. The third-order valence-electron chi connectivity index (χ3n) is 5.58. The van der Waals surface area contributed by atoms with Crippen molar-refractivity contribution in [1.29, 1.82) is 0 Å². The van der Waals surface area contributed by atoms with E-state index in [1.54, 1.807) is 12.1 Å². The summed E-state index contributed by atoms with van der Waals surface area (Å²) in [7, 11) is 0. The smallest absolute Gasteiger partial charge is 0.391 e. The molecule has 0 unspecified atom stereocenters. The van der Waals surface area contributed by atoms with E-state index in [4.69, 9.17) is 10.5 Å². The average Bonchev–Trinajstić information content (AvgIpc) is 2.69. The Morgan fingerprint density at radius 3 is 2.52 bits per heavy atom. The standard InChI is InChI=1S/C22H22F4N4O/c1-12-8-15(27)10-18-20(12)21(29-11-28-18)30-17-7-4-14(23)9-19(17)31-16-5-2-13(3-6-16)22(24,25)26/h4,7-11,13,16H,2-3,5-6,27H2,1H3,(H,28,29,30). The van der Waals surface area contributed by atoms with Gasteiger partial charge in [-0.15, -0.1) is 0 Å². The minimum absolute atomic E-state index is 0.00338. The van der Waals surface area contributed by atoms with E-state index in [1.165, 1.54) is 24.5 Å². The second kappa shape index (κ2) is 8.20. The summed E-state index contributed by atoms with van der Waals surface area (Å²) in [5.41, 5.74) is 8.47. The maximum atomic E-state index is 13.9. The van der Waals surface area contributed by atoms with Gasteiger partial charge in [0.1, 0.15) is 23.7 Å². The van der Waals surface area contributed by atoms with Crippen molar-refractivity contribution in [2.45, 2.75) is 44.9 Å². The number of rotatable bonds is 4. The zero-order valence-corrected chi connectivity index (χ0v) is 16.8. The Bertz CT molecular complexity index is 1090. The monoisotopic (exact) mass is 434 g/mol. The van der Waals surface area contributed by atoms with Gasteiger partial charge in [-0.2, -0.15) is 13.2 Å². The molecule has 0 bridgehead atoms. The third kappa shape index (κ3) is 4.65. The van der Waals surface area contributed by atoms with Crippen LogP contribution in [-0.4, -0.2) is 22.2 Å². The van der Waals surface area contributed by atoms with E-state index >= 15 is 0 Å². The second-order valence-corrected chi connectivity index (χ2v) is 7.85. The van der Waals surface area contributed by atoms with Crippen LogP contribution in [0.5, 0.6) is 5.75 Å². The number of aryl methyl sites for hydroxylation is 1. The Labute approximate surface area is 176 Å². The zero-order chi connectivity index (χ0) is 22.2. The van der Waals surface area contributed by atoms with Crippen molar-refractivity contribution >= 4 is 28.1 Å². The molecule has 1 aromatic heterocycles. The molecule has 0 saturated heterocycles. The van der Waals surface area contributed by atoms with Crippen LogP contribution < -0.4 is 15.8 Å². The van der Waals surface area contributed by atoms with E-state index in [-0.39, 0.29) is 31.4 Å². The number of nitrogens with two attached hydrogens (primary N) is 1. The maximum Gasteiger partial charge on any atom is 0.391 e. The van der Waals surface area contributed by atoms with Crippen LogP contribution in [0.4, 0.5) is 34.8 Å². The number of hydrogen-bond acceptors (Lipinski definition) is 5. The summed E-state index contributed by atoms with van der Waals surface area (Å²) in [5, 5.41) is 3.92. The van der Waals surface area contributed by atoms with Crippen molar-refractivity contribution in [2.75, 3.05) is 11.1 Å². The fraction of sp³-hybridized carbons (Fsp3) is 0.364. The number of benzene rings is 2. The minimum atomic E-state index is -4.19. The van der Waals surface area contributed by atoms with E-state index in [0.717, 1.165) is 10.9 Å². The highest BCUT2D eigenvalue weighted by Crippen LogP contribution is 2.40. The first-order valence-corrected chi connectivity index (χ1v) is 10.0. The van der Waals surface area contributed by atoms with Gasteiger partial charge in [0.25, 0.3) is 0 Å². The molecule has 0 atom stereocenters. The summed E-state index contributed by atoms with van der Waals surface area (Å²) in [6, 6.07) is 7.57. The van der Waals surface area contributed by atoms with Crippen LogP contribution in [-0.2, 0) is 0 Å². The molecule has 4 rings (SSSR count). The number of hydrogen-bond donors (Lipinski definition) is 2. The maximum absolute atomic E-state index is 13.9. The lowest BCUT2D eigenvalue weighted by Crippen LogP contribution is -2.32. The van der Waals surface area contributed by atoms with Crippen LogP contribution in [0.15, 0.2) is 36.7 Å². The first-order chi connectivity index (χ1) is 14.7. The predicted molar refractivity (Wildman–Crippen MR) is 111 cm³/mol. The number of nitrogen functional groups attached to an aromatic ring is 1. The molecule has 3 aromatic rings. The van der Waals surface area contributed by atoms with E-state index < -0.39 is 24.0 Å². The highest BCUT2D eigenvalue weighted by atomic mass is 19.4. The largest absolute Gasteiger partial charge is 0.488 e. The molecule has 31 heavy (non-hydrogen) atoms. The molecule has 0 spiro atoms. The number of ether oxygens (including phenoxy) is 1. The number of anilines is 3. The first-order valence-electron chi connectivity index (χ1n) is 10.0. The van der Waals surface area contributed by atoms with E-state index in [0.29, 0.717) is 22.7 Å². The molecular weight excluding hydrogens is 412 g/mol. The summed E-state index contributed by atoms with van der Waals surface area (Å²) in [5.74, 6) is -1.07. The lowest BCUT2D eigenvalue weighted by atomic mass is 9.87. The molecule has 1 aliphatic carbocycles. The van der Waals surface area contributed by atoms with Crippen molar-refractivity contribution in [3.8, 4) is 5.75 Å². The molecule has 0 aliphatic heterocycles. The molecule has 164 valence electrons. The lowest BCUT2D eigenvalue weighted by Gasteiger charge is -2.30. The summed E-state index contributed by atoms with van der Waals surface area (Å²) < 4.78 is 58.6. The van der Waals surface area contributed by atoms with E-state index in [9.17, 15) is 17.6 Å². The Hall–Kier alpha value is -3.10. The SMILES string of the molecule is Cc1cc(N)cc2ncnc(Nc3ccc(F)cc3OC3CCC(C(F)(F)F)CC3)c12. The van der Waals surface area contributed by atoms with Gasteiger partial charge in [-0.1, -0.05) is 0 Å². The van der Waals surface area contributed by atoms with Gasteiger partial charge in [-0.25, -0.2) is 14.4 Å². The molecule has 1 fully saturated rings. The Kier molecular flexibility index (Phi) is 5.60. The van der Waals surface area contributed by atoms with Gasteiger partial charge < -0.3 is 15.8 Å². The highest BCUT2D eigenvalue weighted by molar-refractivity contribution is 5.95. The Morgan fingerprint density at radius 2 is 1.81 bits per heavy atom. The molecule has 1 aliphatic rings. The number of alkyl halides is 3. The van der Waals surface area contributed by atoms with Crippen molar-refractivity contribution in [2.24, 2.45) is 5.92 Å². The van der Waals surface area contributed by atoms with Gasteiger partial charge in [-0.05, 0) is 62.4 Å². The van der Waals surface area contributed by atoms with Crippen molar-refractivity contribution in [1.82, 2.24) is 9.97 Å². The Morgan fingerprint density at radius 1 is 1.06 bits per heavy atom. The van der Waals surface area contributed by atoms with Crippen LogP contribution in [0.3, 0.4) is 0 Å². The number of nitrogens with one attached hydrogen (secondary N) is 1. The predicted octanol–water partition coefficient (Wildman–Crippen LogP) is 5.90. The van der Waals surface area contributed by atoms with Crippen molar-refractivity contribution in [3.63, 3.8) is 0 Å². The number of nitrogens with zero attached hydrogens (tertiary/aromatic N) is 2. The molecule has 3 N–H and O–H groups in total. The van der Waals surface area contributed by atoms with Gasteiger partial charge in [0.15, 0.2) is 0 Å². The minimum Gasteiger partial charge on any atom is -0.488 e. The molecule has 9 heteroatoms. The van der Waals surface area contributed by atoms with Crippen LogP contribution >= 0.6 is 0 Å². The van der Waals surface area contributed by atoms with Crippen LogP contribution in [0.25, 0.3) is 10.9 Å². The van der Waals surface area contributed by atoms with E-state index in [2.05, 4.69) is 15.3 Å². The van der Waals surface area contributed by atoms with Crippen LogP contribution in [0, 0.1) is 18.7 Å². The molecule has 2 aromatic carbocycles. The van der Waals surface area contributed by atoms with Crippen molar-refractivity contribution in [3.05, 3.63) is 48.0 Å². The lowest BCUT2D eigenvalue weighted by molar-refractivity contribution is -0.185. The normalized spacial score (nSPS) is 19.4. The number of fused-ring (bicyclic) bond motifs is 1. The highest BCUT2D eigenvalue weighted by Gasteiger charge is 2.41. The third-order valence-corrected chi connectivity index (χ3v) is 5.58. The van der Waals surface area contributed by atoms with Gasteiger partial charge in [0.2, 0.25) is 0 Å². The van der Waals surface area contributed by atoms with Crippen LogP contribution in [0.1, 0.15) is 31.2 Å². The molecule has 5 nitrogen and oxygen atoms in total. The summed E-state index contributed by atoms with van der Waals surface area (Å²) >= 11 is 0. The van der Waals surface area contributed by atoms with Gasteiger partial charge in [-0.3, -0.25) is 0 Å². The second-order valence-electron chi connectivity index (χ2n) is 7.85. The topological polar surface area (TPSA) is 73.1 Å². The molecular formula is C22H22F4N4O. The fourth-order valence-electron chi connectivity index (χ4n) is 4.03. The number of halogens is 4. The summed E-state index contributed by atoms with van der Waals surface area (Å²) in [4.78, 5) is 8.55. The van der Waals surface area contributed by atoms with Gasteiger partial charge in [0.05, 0.1) is 23.2 Å².